The number of nitrogens with zero attached hydrogens (tertiary/aromatic N) is 4. The zero-order valence-corrected chi connectivity index (χ0v) is 25.7. The molecule has 42 heavy (non-hydrogen) atoms. The largest absolute Gasteiger partial charge is 0.549 e. The first-order valence-corrected chi connectivity index (χ1v) is 12.9. The summed E-state index contributed by atoms with van der Waals surface area (Å²) in [6.07, 6.45) is -5.65. The molecule has 0 aromatic heterocycles. The smallest absolute Gasteiger partial charge is 0.317 e. The van der Waals surface area contributed by atoms with Crippen LogP contribution in [0.15, 0.2) is 0 Å². The van der Waals surface area contributed by atoms with Crippen molar-refractivity contribution in [2.75, 3.05) is 98.7 Å². The van der Waals surface area contributed by atoms with Crippen molar-refractivity contribution < 1.29 is 105 Å². The van der Waals surface area contributed by atoms with E-state index in [0.717, 1.165) is 0 Å². The summed E-state index contributed by atoms with van der Waals surface area (Å²) in [7, 11) is 1.57. The third-order valence-electron chi connectivity index (χ3n) is 6.10. The summed E-state index contributed by atoms with van der Waals surface area (Å²) in [6.45, 7) is 0.612. The topological polar surface area (TPSA) is 278 Å². The molecule has 1 aliphatic heterocycles. The van der Waals surface area contributed by atoms with Gasteiger partial charge in [0, 0.05) is 105 Å². The van der Waals surface area contributed by atoms with Gasteiger partial charge in [0.15, 0.2) is 0 Å². The summed E-state index contributed by atoms with van der Waals surface area (Å²) in [6, 6.07) is 0. The van der Waals surface area contributed by atoms with E-state index in [4.69, 9.17) is 35.7 Å². The molecule has 19 heteroatoms. The van der Waals surface area contributed by atoms with E-state index in [1.807, 2.05) is 0 Å². The molecule has 1 aliphatic rings. The minimum Gasteiger partial charge on any atom is -0.549 e. The molecule has 1 rings (SSSR count). The summed E-state index contributed by atoms with van der Waals surface area (Å²) in [4.78, 5) is 50.7. The molecule has 9 N–H and O–H groups in total. The van der Waals surface area contributed by atoms with Crippen molar-refractivity contribution in [1.29, 1.82) is 0 Å². The van der Waals surface area contributed by atoms with Crippen LogP contribution in [0.4, 0.5) is 0 Å². The maximum atomic E-state index is 11.1. The van der Waals surface area contributed by atoms with E-state index < -0.39 is 54.9 Å². The Balaban J connectivity index is 0. The van der Waals surface area contributed by atoms with Crippen LogP contribution in [0.2, 0.25) is 0 Å². The molecule has 1 saturated heterocycles. The van der Waals surface area contributed by atoms with Gasteiger partial charge in [0.25, 0.3) is 0 Å². The summed E-state index contributed by atoms with van der Waals surface area (Å²) in [5.74, 6) is -4.36. The van der Waals surface area contributed by atoms with E-state index >= 15 is 0 Å². The molecule has 248 valence electrons. The van der Waals surface area contributed by atoms with Crippen molar-refractivity contribution in [2.45, 2.75) is 24.4 Å². The van der Waals surface area contributed by atoms with Gasteiger partial charge >= 0.3 is 17.9 Å². The molecule has 0 aliphatic carbocycles. The van der Waals surface area contributed by atoms with Gasteiger partial charge in [-0.1, -0.05) is 0 Å². The van der Waals surface area contributed by atoms with E-state index in [9.17, 15) is 29.4 Å². The molecule has 4 atom stereocenters. The fourth-order valence-corrected chi connectivity index (χ4v) is 3.86. The van der Waals surface area contributed by atoms with Gasteiger partial charge in [-0.15, -0.1) is 0 Å². The molecule has 0 bridgehead atoms. The average Bonchev–Trinajstić information content (AvgIpc) is 2.88. The number of carbonyl (C=O) groups is 4. The summed E-state index contributed by atoms with van der Waals surface area (Å²) < 4.78 is 0. The number of carbonyl (C=O) groups excluding carboxylic acids is 1. The monoisotopic (exact) mass is 756 g/mol. The van der Waals surface area contributed by atoms with Crippen LogP contribution in [0, 0.1) is 39.9 Å². The summed E-state index contributed by atoms with van der Waals surface area (Å²) in [5, 5.41) is 85.7. The van der Waals surface area contributed by atoms with Crippen LogP contribution in [0.5, 0.6) is 0 Å². The Kier molecular flexibility index (Phi) is 24.7. The van der Waals surface area contributed by atoms with Crippen molar-refractivity contribution in [2.24, 2.45) is 0 Å². The molecule has 0 saturated carbocycles. The van der Waals surface area contributed by atoms with E-state index in [-0.39, 0.29) is 112 Å². The maximum Gasteiger partial charge on any atom is 0.317 e. The Morgan fingerprint density at radius 3 is 1.17 bits per heavy atom. The van der Waals surface area contributed by atoms with Crippen molar-refractivity contribution in [3.63, 3.8) is 0 Å². The fourth-order valence-electron chi connectivity index (χ4n) is 3.86. The number of aliphatic hydroxyl groups is 5. The molecule has 0 spiro atoms. The molecule has 0 amide bonds. The van der Waals surface area contributed by atoms with E-state index in [0.29, 0.717) is 13.1 Å². The Morgan fingerprint density at radius 2 is 0.929 bits per heavy atom. The van der Waals surface area contributed by atoms with E-state index in [2.05, 4.69) is 5.32 Å². The third kappa shape index (κ3) is 20.7. The molecule has 0 unspecified atom stereocenters. The van der Waals surface area contributed by atoms with Gasteiger partial charge in [0.05, 0.1) is 38.3 Å². The number of hydrogen-bond donors (Lipinski definition) is 9. The first-order chi connectivity index (χ1) is 19.2. The molecule has 1 heterocycles. The predicted molar refractivity (Wildman–Crippen MR) is 139 cm³/mol. The minimum atomic E-state index is -1.55. The molecular formula is C23H44GdN5O13-. The summed E-state index contributed by atoms with van der Waals surface area (Å²) in [5.41, 5.74) is 0. The molecule has 18 nitrogen and oxygen atoms in total. The van der Waals surface area contributed by atoms with Gasteiger partial charge in [-0.05, 0) is 7.05 Å². The number of carboxylic acid groups (broad SMARTS) is 4. The van der Waals surface area contributed by atoms with E-state index in [1.165, 1.54) is 0 Å². The van der Waals surface area contributed by atoms with Gasteiger partial charge in [0.1, 0.15) is 18.3 Å². The Hall–Kier alpha value is -1.20. The van der Waals surface area contributed by atoms with Gasteiger partial charge in [0.2, 0.25) is 0 Å². The van der Waals surface area contributed by atoms with Crippen LogP contribution in [0.1, 0.15) is 0 Å². The second-order valence-corrected chi connectivity index (χ2v) is 9.51. The number of carboxylic acids is 4. The number of hydrogen-bond acceptors (Lipinski definition) is 15. The number of likely N-dealkylation sites (N-methyl/N-ethyl adjacent to an activating group) is 1. The second-order valence-electron chi connectivity index (χ2n) is 9.51. The Bertz CT molecular complexity index is 688. The third-order valence-corrected chi connectivity index (χ3v) is 6.10. The normalized spacial score (nSPS) is 19.4. The van der Waals surface area contributed by atoms with Crippen molar-refractivity contribution in [3.05, 3.63) is 0 Å². The van der Waals surface area contributed by atoms with Crippen LogP contribution >= 0.6 is 0 Å². The maximum absolute atomic E-state index is 11.1. The van der Waals surface area contributed by atoms with Crippen LogP contribution in [0.3, 0.4) is 0 Å². The van der Waals surface area contributed by atoms with Gasteiger partial charge in [-0.3, -0.25) is 34.0 Å². The first-order valence-electron chi connectivity index (χ1n) is 12.9. The fraction of sp³-hybridized carbons (Fsp3) is 0.826. The minimum absolute atomic E-state index is 0. The Labute approximate surface area is 275 Å². The van der Waals surface area contributed by atoms with Crippen LogP contribution in [-0.4, -0.2) is 207 Å². The van der Waals surface area contributed by atoms with Gasteiger partial charge < -0.3 is 56.1 Å². The predicted octanol–water partition coefficient (Wildman–Crippen LogP) is -7.15. The second kappa shape index (κ2) is 24.2. The molecule has 1 fully saturated rings. The molecule has 0 aromatic carbocycles. The molecule has 0 aromatic rings. The zero-order chi connectivity index (χ0) is 31.5. The Morgan fingerprint density at radius 1 is 0.643 bits per heavy atom. The van der Waals surface area contributed by atoms with E-state index in [1.54, 1.807) is 26.6 Å². The van der Waals surface area contributed by atoms with Gasteiger partial charge in [-0.25, -0.2) is 0 Å². The quantitative estimate of drug-likeness (QED) is 0.0797. The number of aliphatic hydroxyl groups excluding tert-OH is 5. The molecule has 0 radical (unpaired) electrons. The van der Waals surface area contributed by atoms with Crippen LogP contribution < -0.4 is 10.4 Å². The number of rotatable bonds is 14. The standard InChI is InChI=1S/C16H28N4O8.C7H17NO5.Gd/c21-13(22)9-17-1-2-18(10-14(23)24)5-6-20(12-16(27)28)8-7-19(4-3-17)11-15(25)26;1-8-2-4(10)6(12)7(13)5(11)3-9;/h1-12H2,(H,21,22)(H,23,24)(H,25,26)(H,27,28);4-13H,2-3H2,1H3;/p-1/t;4-,5+,6+,7+;/m.0./s1. The zero-order valence-electron chi connectivity index (χ0n) is 23.5. The number of nitrogens with one attached hydrogen (secondary N) is 1. The number of aliphatic carboxylic acids is 4. The summed E-state index contributed by atoms with van der Waals surface area (Å²) >= 11 is 0. The van der Waals surface area contributed by atoms with Crippen molar-refractivity contribution in [1.82, 2.24) is 24.9 Å². The van der Waals surface area contributed by atoms with Crippen LogP contribution in [-0.2, 0) is 19.2 Å². The average molecular weight is 756 g/mol. The first kappa shape index (κ1) is 42.9. The van der Waals surface area contributed by atoms with Crippen molar-refractivity contribution >= 4 is 23.9 Å². The van der Waals surface area contributed by atoms with Gasteiger partial charge in [-0.2, -0.15) is 0 Å². The molecular weight excluding hydrogens is 712 g/mol. The van der Waals surface area contributed by atoms with Crippen molar-refractivity contribution in [3.8, 4) is 0 Å². The SMILES string of the molecule is CNC[C@H](O)[C@@H](O)[C@H](O)[C@H](O)CO.O=C([O-])CN1CCN(CC(=O)O)CCN(CC(=O)O)CCN(CC(=O)O)CC1.[Gd]. The van der Waals surface area contributed by atoms with Crippen LogP contribution in [0.25, 0.3) is 0 Å².